The van der Waals surface area contributed by atoms with Crippen LogP contribution < -0.4 is 11.3 Å². The highest BCUT2D eigenvalue weighted by atomic mass is 33.1. The number of imidazole rings is 1. The maximum Gasteiger partial charge on any atom is 0.475 e. The number of nitrogens with two attached hydrogens (primary N) is 1. The van der Waals surface area contributed by atoms with Crippen LogP contribution in [0.4, 0.5) is 5.95 Å². The Bertz CT molecular complexity index is 1400. The molecular weight excluding hydrogens is 557 g/mol. The van der Waals surface area contributed by atoms with Crippen molar-refractivity contribution >= 4 is 58.3 Å². The van der Waals surface area contributed by atoms with E-state index in [4.69, 9.17) is 19.3 Å². The van der Waals surface area contributed by atoms with Crippen LogP contribution in [0.25, 0.3) is 11.2 Å². The van der Waals surface area contributed by atoms with Gasteiger partial charge in [0.1, 0.15) is 17.6 Å². The van der Waals surface area contributed by atoms with E-state index in [2.05, 4.69) is 41.8 Å². The number of phosphoric ester groups is 1. The summed E-state index contributed by atoms with van der Waals surface area (Å²) < 4.78 is 31.9. The quantitative estimate of drug-likeness (QED) is 0.271. The molecule has 15 heteroatoms. The standard InChI is InChI=1S/C22H28N5O6PS3/c1-22(2,3)37-36-13-7-5-4-6-12(13)8-9-31-34(30)32-10-14-17(33-34)16(28)20(35-14)27-11-24-15-18(27)25-21(23)26-19(15)29/h4-7,11,14,16-17,20,28H,8-10H2,1-3H3,(H3,23,25,26,29)/t14-,16+,17?,20-,34?/m1/s1. The first kappa shape index (κ1) is 27.1. The number of nitrogens with one attached hydrogen (secondary N) is 1. The monoisotopic (exact) mass is 585 g/mol. The number of aromatic amines is 1. The number of aliphatic hydroxyl groups excluding tert-OH is 1. The van der Waals surface area contributed by atoms with Gasteiger partial charge in [-0.05, 0) is 18.1 Å². The second kappa shape index (κ2) is 10.6. The lowest BCUT2D eigenvalue weighted by atomic mass is 10.1. The fourth-order valence-electron chi connectivity index (χ4n) is 3.98. The fourth-order valence-corrected chi connectivity index (χ4v) is 9.33. The van der Waals surface area contributed by atoms with E-state index in [-0.39, 0.29) is 40.3 Å². The number of nitrogens with zero attached hydrogens (tertiary/aromatic N) is 3. The number of anilines is 1. The van der Waals surface area contributed by atoms with Crippen LogP contribution in [-0.2, 0) is 24.6 Å². The highest BCUT2D eigenvalue weighted by molar-refractivity contribution is 8.77. The number of hydrogen-bond acceptors (Lipinski definition) is 12. The molecule has 2 aromatic heterocycles. The van der Waals surface area contributed by atoms with Crippen LogP contribution in [0.5, 0.6) is 0 Å². The minimum Gasteiger partial charge on any atom is -0.387 e. The molecule has 5 atom stereocenters. The van der Waals surface area contributed by atoms with Gasteiger partial charge in [0, 0.05) is 9.64 Å². The van der Waals surface area contributed by atoms with E-state index in [1.807, 2.05) is 18.2 Å². The molecule has 0 spiro atoms. The number of thioether (sulfide) groups is 1. The molecule has 1 aromatic carbocycles. The molecular formula is C22H28N5O6PS3. The number of nitrogen functional groups attached to an aromatic ring is 1. The second-order valence-electron chi connectivity index (χ2n) is 9.61. The van der Waals surface area contributed by atoms with Crippen LogP contribution >= 0.6 is 41.2 Å². The average Bonchev–Trinajstić information content (AvgIpc) is 3.39. The van der Waals surface area contributed by atoms with Gasteiger partial charge in [0.25, 0.3) is 5.56 Å². The lowest BCUT2D eigenvalue weighted by molar-refractivity contribution is -0.0272. The largest absolute Gasteiger partial charge is 0.475 e. The highest BCUT2D eigenvalue weighted by Crippen LogP contribution is 2.59. The predicted molar refractivity (Wildman–Crippen MR) is 147 cm³/mol. The molecule has 200 valence electrons. The molecule has 11 nitrogen and oxygen atoms in total. The number of fused-ring (bicyclic) bond motifs is 2. The van der Waals surface area contributed by atoms with Gasteiger partial charge in [0.05, 0.1) is 24.8 Å². The van der Waals surface area contributed by atoms with E-state index in [0.717, 1.165) is 10.5 Å². The number of aromatic nitrogens is 4. The Labute approximate surface area is 225 Å². The molecule has 37 heavy (non-hydrogen) atoms. The molecule has 4 heterocycles. The summed E-state index contributed by atoms with van der Waals surface area (Å²) in [5.74, 6) is -0.0522. The third-order valence-corrected chi connectivity index (χ3v) is 12.1. The van der Waals surface area contributed by atoms with Gasteiger partial charge in [0.2, 0.25) is 5.95 Å². The van der Waals surface area contributed by atoms with E-state index in [1.54, 1.807) is 26.2 Å². The summed E-state index contributed by atoms with van der Waals surface area (Å²) >= 11 is 1.37. The summed E-state index contributed by atoms with van der Waals surface area (Å²) in [6.45, 7) is 6.70. The van der Waals surface area contributed by atoms with Crippen LogP contribution in [0.1, 0.15) is 31.7 Å². The van der Waals surface area contributed by atoms with Gasteiger partial charge in [-0.2, -0.15) is 4.98 Å². The fraction of sp³-hybridized carbons (Fsp3) is 0.500. The van der Waals surface area contributed by atoms with E-state index >= 15 is 0 Å². The molecule has 4 N–H and O–H groups in total. The smallest absolute Gasteiger partial charge is 0.387 e. The minimum atomic E-state index is -3.88. The zero-order chi connectivity index (χ0) is 26.4. The topological polar surface area (TPSA) is 155 Å². The molecule has 2 saturated heterocycles. The molecule has 5 rings (SSSR count). The molecule has 2 aliphatic heterocycles. The highest BCUT2D eigenvalue weighted by Gasteiger charge is 2.53. The molecule has 2 aliphatic rings. The zero-order valence-electron chi connectivity index (χ0n) is 20.4. The summed E-state index contributed by atoms with van der Waals surface area (Å²) in [4.78, 5) is 23.9. The molecule has 2 fully saturated rings. The van der Waals surface area contributed by atoms with Gasteiger partial charge in [-0.1, -0.05) is 60.6 Å². The van der Waals surface area contributed by atoms with Crippen molar-refractivity contribution in [2.75, 3.05) is 18.9 Å². The van der Waals surface area contributed by atoms with Crippen LogP contribution in [0, 0.1) is 0 Å². The zero-order valence-corrected chi connectivity index (χ0v) is 23.7. The Kier molecular flexibility index (Phi) is 7.74. The SMILES string of the molecule is CC(C)(C)SSc1ccccc1CCOP1(=O)OC[C@H]2S[C@@H](n3cnc4c(=O)[nH]c(N)nc43)[C@@H](O)C2O1. The summed E-state index contributed by atoms with van der Waals surface area (Å²) in [5.41, 5.74) is 6.67. The molecule has 0 aliphatic carbocycles. The molecule has 3 aromatic rings. The van der Waals surface area contributed by atoms with Gasteiger partial charge in [-0.15, -0.1) is 11.8 Å². The summed E-state index contributed by atoms with van der Waals surface area (Å²) in [7, 11) is -0.400. The van der Waals surface area contributed by atoms with Crippen molar-refractivity contribution in [2.45, 2.75) is 59.7 Å². The lowest BCUT2D eigenvalue weighted by Crippen LogP contribution is -2.39. The molecule has 0 bridgehead atoms. The average molecular weight is 586 g/mol. The van der Waals surface area contributed by atoms with Crippen molar-refractivity contribution in [3.8, 4) is 0 Å². The predicted octanol–water partition coefficient (Wildman–Crippen LogP) is 4.00. The Morgan fingerprint density at radius 1 is 1.38 bits per heavy atom. The van der Waals surface area contributed by atoms with Crippen molar-refractivity contribution in [2.24, 2.45) is 0 Å². The van der Waals surface area contributed by atoms with Crippen LogP contribution in [-0.4, -0.2) is 60.0 Å². The molecule has 2 unspecified atom stereocenters. The Balaban J connectivity index is 1.24. The summed E-state index contributed by atoms with van der Waals surface area (Å²) in [6, 6.07) is 8.03. The van der Waals surface area contributed by atoms with Crippen molar-refractivity contribution in [3.63, 3.8) is 0 Å². The first-order chi connectivity index (χ1) is 17.5. The van der Waals surface area contributed by atoms with E-state index in [1.165, 1.54) is 18.1 Å². The van der Waals surface area contributed by atoms with Gasteiger partial charge in [-0.25, -0.2) is 9.55 Å². The van der Waals surface area contributed by atoms with Crippen LogP contribution in [0.2, 0.25) is 0 Å². The molecule has 0 saturated carbocycles. The number of aliphatic hydroxyl groups is 1. The van der Waals surface area contributed by atoms with Crippen molar-refractivity contribution in [1.82, 2.24) is 19.5 Å². The first-order valence-electron chi connectivity index (χ1n) is 11.6. The minimum absolute atomic E-state index is 0.0522. The number of phosphoric acid groups is 1. The Morgan fingerprint density at radius 2 is 2.16 bits per heavy atom. The van der Waals surface area contributed by atoms with Crippen molar-refractivity contribution in [3.05, 3.63) is 46.5 Å². The maximum absolute atomic E-state index is 13.3. The number of hydrogen-bond donors (Lipinski definition) is 3. The van der Waals surface area contributed by atoms with E-state index in [9.17, 15) is 14.5 Å². The Morgan fingerprint density at radius 3 is 2.95 bits per heavy atom. The van der Waals surface area contributed by atoms with Crippen LogP contribution in [0.15, 0.2) is 40.3 Å². The maximum atomic E-state index is 13.3. The Hall–Kier alpha value is -1.51. The third-order valence-electron chi connectivity index (χ3n) is 5.66. The summed E-state index contributed by atoms with van der Waals surface area (Å²) in [5, 5.41) is 10.2. The van der Waals surface area contributed by atoms with Gasteiger partial charge < -0.3 is 10.8 Å². The number of rotatable bonds is 7. The van der Waals surface area contributed by atoms with Crippen molar-refractivity contribution < 1.29 is 23.2 Å². The second-order valence-corrected chi connectivity index (χ2v) is 15.6. The van der Waals surface area contributed by atoms with Crippen LogP contribution in [0.3, 0.4) is 0 Å². The van der Waals surface area contributed by atoms with Gasteiger partial charge in [0.15, 0.2) is 11.2 Å². The van der Waals surface area contributed by atoms with E-state index in [0.29, 0.717) is 6.42 Å². The summed E-state index contributed by atoms with van der Waals surface area (Å²) in [6.07, 6.45) is 0.0930. The number of H-pyrrole nitrogens is 1. The van der Waals surface area contributed by atoms with Gasteiger partial charge in [-0.3, -0.25) is 27.9 Å². The first-order valence-corrected chi connectivity index (χ1v) is 16.2. The lowest BCUT2D eigenvalue weighted by Gasteiger charge is -2.31. The van der Waals surface area contributed by atoms with E-state index < -0.39 is 31.0 Å². The van der Waals surface area contributed by atoms with Gasteiger partial charge >= 0.3 is 7.82 Å². The van der Waals surface area contributed by atoms with Crippen molar-refractivity contribution in [1.29, 1.82) is 0 Å². The normalized spacial score (nSPS) is 28.0. The molecule has 0 amide bonds. The number of benzene rings is 1. The third kappa shape index (κ3) is 5.91. The molecule has 0 radical (unpaired) electrons.